The maximum atomic E-state index is 11.4. The third kappa shape index (κ3) is 4.04. The molecule has 2 rings (SSSR count). The minimum atomic E-state index is -1.71. The predicted molar refractivity (Wildman–Crippen MR) is 81.9 cm³/mol. The van der Waals surface area contributed by atoms with Crippen LogP contribution in [-0.2, 0) is 14.3 Å². The second kappa shape index (κ2) is 7.93. The van der Waals surface area contributed by atoms with Crippen molar-refractivity contribution in [2.45, 2.75) is 30.7 Å². The van der Waals surface area contributed by atoms with E-state index in [-0.39, 0.29) is 5.02 Å². The van der Waals surface area contributed by atoms with Gasteiger partial charge in [0.2, 0.25) is 12.0 Å². The van der Waals surface area contributed by atoms with Crippen LogP contribution >= 0.6 is 11.6 Å². The predicted octanol–water partition coefficient (Wildman–Crippen LogP) is -0.418. The van der Waals surface area contributed by atoms with E-state index in [0.717, 1.165) is 6.08 Å². The summed E-state index contributed by atoms with van der Waals surface area (Å²) >= 11 is 5.95. The van der Waals surface area contributed by atoms with Crippen LogP contribution in [0.25, 0.3) is 6.08 Å². The van der Waals surface area contributed by atoms with E-state index in [0.29, 0.717) is 5.56 Å². The van der Waals surface area contributed by atoms with Crippen LogP contribution in [0.4, 0.5) is 0 Å². The van der Waals surface area contributed by atoms with Gasteiger partial charge in [0.1, 0.15) is 24.4 Å². The van der Waals surface area contributed by atoms with Gasteiger partial charge in [-0.05, 0) is 17.7 Å². The van der Waals surface area contributed by atoms with E-state index in [1.54, 1.807) is 24.3 Å². The number of rotatable bonds is 5. The van der Waals surface area contributed by atoms with Crippen molar-refractivity contribution in [3.05, 3.63) is 40.6 Å². The molecule has 0 radical (unpaired) electrons. The van der Waals surface area contributed by atoms with Crippen LogP contribution in [0.5, 0.6) is 0 Å². The van der Waals surface area contributed by atoms with Crippen LogP contribution in [-0.4, -0.2) is 68.8 Å². The zero-order valence-electron chi connectivity index (χ0n) is 12.3. The van der Waals surface area contributed by atoms with Gasteiger partial charge in [0.05, 0.1) is 6.61 Å². The molecule has 0 amide bonds. The normalized spacial score (nSPS) is 30.9. The van der Waals surface area contributed by atoms with Crippen molar-refractivity contribution in [3.8, 4) is 0 Å². The maximum Gasteiger partial charge on any atom is 0.371 e. The number of aliphatic hydroxyl groups excluding tert-OH is 4. The SMILES string of the molecule is O=C(O)/C(=C/c1ccccc1Cl)O[C@H]1O[C@@H](CO)[C@H](O)[C@@H](O)[C@@H]1O. The largest absolute Gasteiger partial charge is 0.475 e. The van der Waals surface area contributed by atoms with Gasteiger partial charge in [0.15, 0.2) is 0 Å². The van der Waals surface area contributed by atoms with Gasteiger partial charge in [-0.1, -0.05) is 29.8 Å². The first-order valence-electron chi connectivity index (χ1n) is 7.02. The molecule has 1 fully saturated rings. The highest BCUT2D eigenvalue weighted by molar-refractivity contribution is 6.32. The maximum absolute atomic E-state index is 11.4. The molecule has 0 aliphatic carbocycles. The van der Waals surface area contributed by atoms with Crippen LogP contribution in [0.3, 0.4) is 0 Å². The molecule has 0 bridgehead atoms. The highest BCUT2D eigenvalue weighted by Crippen LogP contribution is 2.25. The first-order valence-corrected chi connectivity index (χ1v) is 7.39. The number of halogens is 1. The van der Waals surface area contributed by atoms with E-state index in [4.69, 9.17) is 26.2 Å². The zero-order chi connectivity index (χ0) is 17.9. The fourth-order valence-electron chi connectivity index (χ4n) is 2.17. The zero-order valence-corrected chi connectivity index (χ0v) is 13.1. The summed E-state index contributed by atoms with van der Waals surface area (Å²) in [7, 11) is 0. The molecular weight excluding hydrogens is 344 g/mol. The summed E-state index contributed by atoms with van der Waals surface area (Å²) < 4.78 is 10.2. The Labute approximate surface area is 142 Å². The molecule has 1 aromatic carbocycles. The van der Waals surface area contributed by atoms with Gasteiger partial charge in [-0.3, -0.25) is 0 Å². The lowest BCUT2D eigenvalue weighted by Crippen LogP contribution is -2.59. The number of carbonyl (C=O) groups is 1. The van der Waals surface area contributed by atoms with Crippen molar-refractivity contribution in [2.75, 3.05) is 6.61 Å². The lowest BCUT2D eigenvalue weighted by Gasteiger charge is -2.39. The summed E-state index contributed by atoms with van der Waals surface area (Å²) in [4.78, 5) is 11.4. The number of benzene rings is 1. The van der Waals surface area contributed by atoms with Crippen LogP contribution in [0.1, 0.15) is 5.56 Å². The molecule has 0 aromatic heterocycles. The van der Waals surface area contributed by atoms with Gasteiger partial charge >= 0.3 is 5.97 Å². The Balaban J connectivity index is 2.24. The topological polar surface area (TPSA) is 137 Å². The third-order valence-electron chi connectivity index (χ3n) is 3.49. The van der Waals surface area contributed by atoms with Gasteiger partial charge in [-0.25, -0.2) is 4.79 Å². The minimum absolute atomic E-state index is 0.286. The number of aliphatic carboxylic acids is 1. The van der Waals surface area contributed by atoms with Crippen LogP contribution in [0, 0.1) is 0 Å². The molecule has 1 aliphatic rings. The van der Waals surface area contributed by atoms with Gasteiger partial charge in [0.25, 0.3) is 0 Å². The van der Waals surface area contributed by atoms with Crippen molar-refractivity contribution in [1.29, 1.82) is 0 Å². The summed E-state index contributed by atoms with van der Waals surface area (Å²) in [6.07, 6.45) is -6.61. The molecule has 9 heteroatoms. The number of hydrogen-bond acceptors (Lipinski definition) is 7. The summed E-state index contributed by atoms with van der Waals surface area (Å²) in [5.74, 6) is -2.04. The molecule has 1 aromatic rings. The van der Waals surface area contributed by atoms with E-state index >= 15 is 0 Å². The summed E-state index contributed by atoms with van der Waals surface area (Å²) in [5.41, 5.74) is 0.362. The van der Waals surface area contributed by atoms with E-state index in [1.165, 1.54) is 0 Å². The molecule has 0 saturated carbocycles. The Bertz CT molecular complexity index is 617. The summed E-state index contributed by atoms with van der Waals surface area (Å²) in [6.45, 7) is -0.651. The van der Waals surface area contributed by atoms with Gasteiger partial charge in [-0.2, -0.15) is 0 Å². The number of carboxylic acid groups (broad SMARTS) is 1. The fourth-order valence-corrected chi connectivity index (χ4v) is 2.36. The summed E-state index contributed by atoms with van der Waals surface area (Å²) in [5, 5.41) is 47.9. The Morgan fingerprint density at radius 1 is 1.21 bits per heavy atom. The Hall–Kier alpha value is -1.68. The van der Waals surface area contributed by atoms with Crippen molar-refractivity contribution in [3.63, 3.8) is 0 Å². The molecule has 0 spiro atoms. The van der Waals surface area contributed by atoms with E-state index < -0.39 is 49.0 Å². The number of aliphatic hydroxyl groups is 4. The van der Waals surface area contributed by atoms with Crippen molar-refractivity contribution in [1.82, 2.24) is 0 Å². The smallest absolute Gasteiger partial charge is 0.371 e. The standard InChI is InChI=1S/C15H17ClO8/c16-8-4-2-1-3-7(8)5-9(14(21)22)23-15-13(20)12(19)11(18)10(6-17)24-15/h1-5,10-13,15,17-20H,6H2,(H,21,22)/b9-5-/t10-,11-,12+,13-,15-/m0/s1. The van der Waals surface area contributed by atoms with Crippen molar-refractivity contribution >= 4 is 23.6 Å². The molecule has 5 N–H and O–H groups in total. The monoisotopic (exact) mass is 360 g/mol. The Morgan fingerprint density at radius 2 is 1.88 bits per heavy atom. The second-order valence-electron chi connectivity index (χ2n) is 5.15. The lowest BCUT2D eigenvalue weighted by atomic mass is 9.99. The molecule has 1 aliphatic heterocycles. The third-order valence-corrected chi connectivity index (χ3v) is 3.84. The minimum Gasteiger partial charge on any atom is -0.475 e. The lowest BCUT2D eigenvalue weighted by molar-refractivity contribution is -0.291. The molecule has 5 atom stereocenters. The van der Waals surface area contributed by atoms with Crippen molar-refractivity contribution in [2.24, 2.45) is 0 Å². The van der Waals surface area contributed by atoms with Crippen LogP contribution in [0.2, 0.25) is 5.02 Å². The van der Waals surface area contributed by atoms with Crippen molar-refractivity contribution < 1.29 is 39.8 Å². The molecule has 8 nitrogen and oxygen atoms in total. The molecule has 1 saturated heterocycles. The van der Waals surface area contributed by atoms with Gasteiger partial charge in [-0.15, -0.1) is 0 Å². The highest BCUT2D eigenvalue weighted by Gasteiger charge is 2.45. The van der Waals surface area contributed by atoms with Gasteiger partial charge in [0, 0.05) is 5.02 Å². The molecule has 132 valence electrons. The molecule has 24 heavy (non-hydrogen) atoms. The Morgan fingerprint density at radius 3 is 2.46 bits per heavy atom. The molecule has 0 unspecified atom stereocenters. The Kier molecular flexibility index (Phi) is 6.16. The molecular formula is C15H17ClO8. The van der Waals surface area contributed by atoms with Crippen LogP contribution < -0.4 is 0 Å². The van der Waals surface area contributed by atoms with Gasteiger partial charge < -0.3 is 35.0 Å². The van der Waals surface area contributed by atoms with E-state index in [2.05, 4.69) is 0 Å². The van der Waals surface area contributed by atoms with Crippen LogP contribution in [0.15, 0.2) is 30.0 Å². The second-order valence-corrected chi connectivity index (χ2v) is 5.56. The average Bonchev–Trinajstić information content (AvgIpc) is 2.56. The summed E-state index contributed by atoms with van der Waals surface area (Å²) in [6, 6.07) is 6.42. The number of carboxylic acids is 1. The number of hydrogen-bond donors (Lipinski definition) is 5. The molecule has 1 heterocycles. The van der Waals surface area contributed by atoms with E-state index in [9.17, 15) is 25.2 Å². The first-order chi connectivity index (χ1) is 11.3. The number of ether oxygens (including phenoxy) is 2. The quantitative estimate of drug-likeness (QED) is 0.353. The fraction of sp³-hybridized carbons (Fsp3) is 0.400. The first kappa shape index (κ1) is 18.7. The van der Waals surface area contributed by atoms with E-state index in [1.807, 2.05) is 0 Å². The average molecular weight is 361 g/mol. The highest BCUT2D eigenvalue weighted by atomic mass is 35.5.